The lowest BCUT2D eigenvalue weighted by Gasteiger charge is -2.07. The number of carbonyl (C=O) groups excluding carboxylic acids is 1. The molecule has 154 valence electrons. The number of rotatable bonds is 5. The number of aromatic nitrogens is 5. The molecule has 1 amide bonds. The van der Waals surface area contributed by atoms with E-state index < -0.39 is 11.7 Å². The number of hydrogen-bond acceptors (Lipinski definition) is 4. The van der Waals surface area contributed by atoms with Crippen molar-refractivity contribution in [3.8, 4) is 0 Å². The van der Waals surface area contributed by atoms with Crippen molar-refractivity contribution in [2.45, 2.75) is 26.2 Å². The van der Waals surface area contributed by atoms with E-state index in [1.165, 1.54) is 16.8 Å². The van der Waals surface area contributed by atoms with E-state index in [1.54, 1.807) is 23.7 Å². The van der Waals surface area contributed by atoms with Gasteiger partial charge in [0.1, 0.15) is 17.0 Å². The minimum absolute atomic E-state index is 0.158. The Morgan fingerprint density at radius 2 is 1.90 bits per heavy atom. The van der Waals surface area contributed by atoms with E-state index in [0.717, 1.165) is 12.1 Å². The lowest BCUT2D eigenvalue weighted by Crippen LogP contribution is -2.25. The second kappa shape index (κ2) is 7.62. The van der Waals surface area contributed by atoms with Gasteiger partial charge in [0.25, 0.3) is 5.91 Å². The lowest BCUT2D eigenvalue weighted by atomic mass is 10.1. The number of pyridine rings is 1. The Hall–Kier alpha value is -3.69. The highest BCUT2D eigenvalue weighted by Crippen LogP contribution is 2.29. The molecule has 1 aromatic carbocycles. The van der Waals surface area contributed by atoms with E-state index in [0.29, 0.717) is 28.3 Å². The van der Waals surface area contributed by atoms with Crippen LogP contribution >= 0.6 is 0 Å². The molecule has 30 heavy (non-hydrogen) atoms. The summed E-state index contributed by atoms with van der Waals surface area (Å²) >= 11 is 0. The summed E-state index contributed by atoms with van der Waals surface area (Å²) in [6, 6.07) is 10.4. The molecule has 1 N–H and O–H groups in total. The van der Waals surface area contributed by atoms with Crippen molar-refractivity contribution in [1.82, 2.24) is 29.7 Å². The molecule has 0 atom stereocenters. The topological polar surface area (TPSA) is 77.1 Å². The van der Waals surface area contributed by atoms with Crippen molar-refractivity contribution < 1.29 is 18.0 Å². The lowest BCUT2D eigenvalue weighted by molar-refractivity contribution is -0.137. The maximum absolute atomic E-state index is 12.6. The zero-order valence-corrected chi connectivity index (χ0v) is 15.9. The van der Waals surface area contributed by atoms with Gasteiger partial charge >= 0.3 is 6.18 Å². The van der Waals surface area contributed by atoms with Gasteiger partial charge < -0.3 is 5.32 Å². The van der Waals surface area contributed by atoms with Crippen LogP contribution in [0.3, 0.4) is 0 Å². The summed E-state index contributed by atoms with van der Waals surface area (Å²) in [6.07, 6.45) is -0.958. The predicted molar refractivity (Wildman–Crippen MR) is 102 cm³/mol. The largest absolute Gasteiger partial charge is 0.416 e. The Bertz CT molecular complexity index is 1190. The fourth-order valence-electron chi connectivity index (χ4n) is 3.12. The van der Waals surface area contributed by atoms with E-state index in [4.69, 9.17) is 0 Å². The maximum Gasteiger partial charge on any atom is 0.416 e. The van der Waals surface area contributed by atoms with Crippen LogP contribution in [0.4, 0.5) is 13.2 Å². The van der Waals surface area contributed by atoms with Gasteiger partial charge in [0.05, 0.1) is 30.5 Å². The van der Waals surface area contributed by atoms with E-state index in [-0.39, 0.29) is 19.0 Å². The summed E-state index contributed by atoms with van der Waals surface area (Å²) in [5.74, 6) is -0.288. The van der Waals surface area contributed by atoms with E-state index >= 15 is 0 Å². The van der Waals surface area contributed by atoms with Gasteiger partial charge in [-0.2, -0.15) is 13.2 Å². The van der Waals surface area contributed by atoms with Gasteiger partial charge in [-0.3, -0.25) is 9.20 Å². The SMILES string of the molecule is Cc1nc2ccccn2c1C(=O)NCc1cn(Cc2ccc(C(F)(F)F)cc2)nn1. The molecule has 0 bridgehead atoms. The molecule has 0 aliphatic heterocycles. The van der Waals surface area contributed by atoms with Crippen molar-refractivity contribution in [3.63, 3.8) is 0 Å². The van der Waals surface area contributed by atoms with Crippen molar-refractivity contribution >= 4 is 11.6 Å². The highest BCUT2D eigenvalue weighted by atomic mass is 19.4. The average molecular weight is 414 g/mol. The molecule has 0 saturated carbocycles. The van der Waals surface area contributed by atoms with Crippen LogP contribution in [0.15, 0.2) is 54.9 Å². The Balaban J connectivity index is 1.40. The number of amides is 1. The summed E-state index contributed by atoms with van der Waals surface area (Å²) in [4.78, 5) is 17.0. The summed E-state index contributed by atoms with van der Waals surface area (Å²) in [6.45, 7) is 2.19. The number of carbonyl (C=O) groups is 1. The van der Waals surface area contributed by atoms with Crippen LogP contribution in [-0.4, -0.2) is 30.3 Å². The van der Waals surface area contributed by atoms with Crippen molar-refractivity contribution in [2.75, 3.05) is 0 Å². The molecular weight excluding hydrogens is 397 g/mol. The third-order valence-electron chi connectivity index (χ3n) is 4.56. The molecule has 0 aliphatic carbocycles. The quantitative estimate of drug-likeness (QED) is 0.544. The van der Waals surface area contributed by atoms with Gasteiger partial charge in [-0.1, -0.05) is 23.4 Å². The smallest absolute Gasteiger partial charge is 0.345 e. The average Bonchev–Trinajstić information content (AvgIpc) is 3.29. The highest BCUT2D eigenvalue weighted by Gasteiger charge is 2.29. The number of nitrogens with one attached hydrogen (secondary N) is 1. The second-order valence-corrected chi connectivity index (χ2v) is 6.76. The number of benzene rings is 1. The number of fused-ring (bicyclic) bond motifs is 1. The molecule has 4 rings (SSSR count). The number of aryl methyl sites for hydroxylation is 1. The minimum atomic E-state index is -4.36. The standard InChI is InChI=1S/C20H17F3N6O/c1-13-18(29-9-3-2-4-17(29)25-13)19(30)24-10-16-12-28(27-26-16)11-14-5-7-15(8-6-14)20(21,22)23/h2-9,12H,10-11H2,1H3,(H,24,30). The molecule has 3 heterocycles. The number of imidazole rings is 1. The summed E-state index contributed by atoms with van der Waals surface area (Å²) in [5.41, 5.74) is 2.23. The first-order chi connectivity index (χ1) is 14.3. The van der Waals surface area contributed by atoms with Crippen LogP contribution in [0.1, 0.15) is 33.0 Å². The molecule has 0 radical (unpaired) electrons. The summed E-state index contributed by atoms with van der Waals surface area (Å²) in [5, 5.41) is 10.8. The first-order valence-corrected chi connectivity index (χ1v) is 9.08. The molecule has 0 unspecified atom stereocenters. The van der Waals surface area contributed by atoms with Gasteiger partial charge in [0.15, 0.2) is 0 Å². The van der Waals surface area contributed by atoms with Crippen LogP contribution in [0.5, 0.6) is 0 Å². The third-order valence-corrected chi connectivity index (χ3v) is 4.56. The number of hydrogen-bond donors (Lipinski definition) is 1. The first-order valence-electron chi connectivity index (χ1n) is 9.08. The van der Waals surface area contributed by atoms with Crippen molar-refractivity contribution in [2.24, 2.45) is 0 Å². The second-order valence-electron chi connectivity index (χ2n) is 6.76. The molecule has 7 nitrogen and oxygen atoms in total. The minimum Gasteiger partial charge on any atom is -0.345 e. The van der Waals surface area contributed by atoms with Gasteiger partial charge in [0.2, 0.25) is 0 Å². The van der Waals surface area contributed by atoms with Crippen LogP contribution < -0.4 is 5.32 Å². The summed E-state index contributed by atoms with van der Waals surface area (Å²) < 4.78 is 41.2. The zero-order valence-electron chi connectivity index (χ0n) is 15.9. The zero-order chi connectivity index (χ0) is 21.3. The molecule has 0 aliphatic rings. The molecule has 0 spiro atoms. The highest BCUT2D eigenvalue weighted by molar-refractivity contribution is 5.94. The Kier molecular flexibility index (Phi) is 4.98. The van der Waals surface area contributed by atoms with E-state index in [1.807, 2.05) is 18.2 Å². The first kappa shape index (κ1) is 19.6. The van der Waals surface area contributed by atoms with Gasteiger partial charge in [-0.05, 0) is 36.8 Å². The Morgan fingerprint density at radius 3 is 2.63 bits per heavy atom. The van der Waals surface area contributed by atoms with Crippen LogP contribution in [0, 0.1) is 6.92 Å². The van der Waals surface area contributed by atoms with Crippen LogP contribution in [0.25, 0.3) is 5.65 Å². The van der Waals surface area contributed by atoms with Crippen LogP contribution in [-0.2, 0) is 19.3 Å². The van der Waals surface area contributed by atoms with Crippen molar-refractivity contribution in [1.29, 1.82) is 0 Å². The Morgan fingerprint density at radius 1 is 1.13 bits per heavy atom. The fourth-order valence-corrected chi connectivity index (χ4v) is 3.12. The van der Waals surface area contributed by atoms with E-state index in [9.17, 15) is 18.0 Å². The molecule has 3 aromatic heterocycles. The van der Waals surface area contributed by atoms with Gasteiger partial charge in [-0.25, -0.2) is 9.67 Å². The van der Waals surface area contributed by atoms with Crippen LogP contribution in [0.2, 0.25) is 0 Å². The maximum atomic E-state index is 12.6. The normalized spacial score (nSPS) is 11.7. The number of nitrogens with zero attached hydrogens (tertiary/aromatic N) is 5. The predicted octanol–water partition coefficient (Wildman–Crippen LogP) is 3.23. The third kappa shape index (κ3) is 4.02. The summed E-state index contributed by atoms with van der Waals surface area (Å²) in [7, 11) is 0. The number of alkyl halides is 3. The molecule has 4 aromatic rings. The van der Waals surface area contributed by atoms with Gasteiger partial charge in [-0.15, -0.1) is 5.10 Å². The molecule has 10 heteroatoms. The molecular formula is C20H17F3N6O. The van der Waals surface area contributed by atoms with E-state index in [2.05, 4.69) is 20.6 Å². The van der Waals surface area contributed by atoms with Crippen molar-refractivity contribution in [3.05, 3.63) is 83.1 Å². The monoisotopic (exact) mass is 414 g/mol. The Labute approximate surface area is 169 Å². The fraction of sp³-hybridized carbons (Fsp3) is 0.200. The van der Waals surface area contributed by atoms with Gasteiger partial charge in [0, 0.05) is 6.20 Å². The molecule has 0 fully saturated rings. The molecule has 0 saturated heterocycles. The number of halogens is 3.